The van der Waals surface area contributed by atoms with Crippen LogP contribution in [0.2, 0.25) is 0 Å². The van der Waals surface area contributed by atoms with Gasteiger partial charge in [-0.2, -0.15) is 0 Å². The second-order valence-electron chi connectivity index (χ2n) is 6.45. The van der Waals surface area contributed by atoms with Crippen LogP contribution in [0.15, 0.2) is 24.3 Å². The molecule has 2 aliphatic heterocycles. The zero-order valence-corrected chi connectivity index (χ0v) is 14.0. The van der Waals surface area contributed by atoms with Crippen LogP contribution in [0, 0.1) is 5.82 Å². The Labute approximate surface area is 141 Å². The van der Waals surface area contributed by atoms with Gasteiger partial charge in [-0.1, -0.05) is 0 Å². The number of amides is 1. The van der Waals surface area contributed by atoms with Crippen molar-refractivity contribution in [2.75, 3.05) is 5.32 Å². The quantitative estimate of drug-likeness (QED) is 0.816. The fourth-order valence-electron chi connectivity index (χ4n) is 3.84. The molecular formula is C17H22FN3OS. The molecule has 2 N–H and O–H groups in total. The molecule has 2 aliphatic rings. The van der Waals surface area contributed by atoms with Crippen LogP contribution < -0.4 is 10.6 Å². The Morgan fingerprint density at radius 1 is 1.22 bits per heavy atom. The first kappa shape index (κ1) is 16.2. The molecule has 0 unspecified atom stereocenters. The van der Waals surface area contributed by atoms with Gasteiger partial charge < -0.3 is 15.5 Å². The number of nitrogens with one attached hydrogen (secondary N) is 2. The molecule has 2 bridgehead atoms. The molecule has 2 fully saturated rings. The Bertz CT molecular complexity index is 578. The summed E-state index contributed by atoms with van der Waals surface area (Å²) in [6.45, 7) is 1.57. The van der Waals surface area contributed by atoms with E-state index < -0.39 is 0 Å². The molecule has 1 aromatic rings. The molecule has 0 aliphatic carbocycles. The molecular weight excluding hydrogens is 313 g/mol. The van der Waals surface area contributed by atoms with E-state index in [2.05, 4.69) is 15.5 Å². The summed E-state index contributed by atoms with van der Waals surface area (Å²) in [7, 11) is 0. The van der Waals surface area contributed by atoms with Gasteiger partial charge in [-0.25, -0.2) is 4.39 Å². The average Bonchev–Trinajstić information content (AvgIpc) is 2.48. The first-order valence-corrected chi connectivity index (χ1v) is 8.56. The van der Waals surface area contributed by atoms with Crippen molar-refractivity contribution in [1.29, 1.82) is 0 Å². The van der Waals surface area contributed by atoms with Crippen LogP contribution in [-0.4, -0.2) is 34.0 Å². The highest BCUT2D eigenvalue weighted by molar-refractivity contribution is 7.80. The fourth-order valence-corrected chi connectivity index (χ4v) is 4.26. The number of thiocarbonyl (C=S) groups is 1. The zero-order valence-electron chi connectivity index (χ0n) is 13.2. The molecule has 0 aromatic heterocycles. The normalized spacial score (nSPS) is 26.5. The van der Waals surface area contributed by atoms with Crippen molar-refractivity contribution in [2.24, 2.45) is 0 Å². The molecule has 0 spiro atoms. The van der Waals surface area contributed by atoms with Crippen molar-refractivity contribution >= 4 is 28.9 Å². The number of benzene rings is 1. The Hall–Kier alpha value is -1.69. The van der Waals surface area contributed by atoms with Crippen LogP contribution in [0.3, 0.4) is 0 Å². The van der Waals surface area contributed by atoms with Crippen molar-refractivity contribution in [3.8, 4) is 0 Å². The first-order chi connectivity index (χ1) is 11.0. The number of hydrogen-bond donors (Lipinski definition) is 2. The van der Waals surface area contributed by atoms with Crippen molar-refractivity contribution in [3.63, 3.8) is 0 Å². The van der Waals surface area contributed by atoms with Crippen LogP contribution in [0.25, 0.3) is 0 Å². The molecule has 2 heterocycles. The molecule has 4 nitrogen and oxygen atoms in total. The lowest BCUT2D eigenvalue weighted by atomic mass is 9.82. The third-order valence-electron chi connectivity index (χ3n) is 4.71. The molecule has 2 saturated heterocycles. The minimum atomic E-state index is -0.255. The van der Waals surface area contributed by atoms with Crippen LogP contribution in [-0.2, 0) is 4.79 Å². The summed E-state index contributed by atoms with van der Waals surface area (Å²) < 4.78 is 13.0. The van der Waals surface area contributed by atoms with Crippen molar-refractivity contribution in [2.45, 2.75) is 57.2 Å². The standard InChI is InChI=1S/C17H22FN3OS/c1-11(22)19-14-9-15-3-2-4-16(10-14)21(15)17(23)20-13-7-5-12(18)6-8-13/h5-8,14-16H,2-4,9-10H2,1H3,(H,19,22)(H,20,23)/t15-,16-/m1/s1. The SMILES string of the molecule is CC(=O)NC1C[C@H]2CCC[C@H](C1)N2C(=S)Nc1ccc(F)cc1. The van der Waals surface area contributed by atoms with E-state index in [1.807, 2.05) is 0 Å². The van der Waals surface area contributed by atoms with Gasteiger partial charge in [0.05, 0.1) is 0 Å². The maximum atomic E-state index is 13.0. The lowest BCUT2D eigenvalue weighted by molar-refractivity contribution is -0.120. The van der Waals surface area contributed by atoms with Gasteiger partial charge in [-0.3, -0.25) is 4.79 Å². The Kier molecular flexibility index (Phi) is 4.80. The van der Waals surface area contributed by atoms with Gasteiger partial charge in [0.1, 0.15) is 5.82 Å². The van der Waals surface area contributed by atoms with Crippen molar-refractivity contribution < 1.29 is 9.18 Å². The maximum Gasteiger partial charge on any atom is 0.217 e. The lowest BCUT2D eigenvalue weighted by Crippen LogP contribution is -2.59. The van der Waals surface area contributed by atoms with E-state index in [4.69, 9.17) is 12.2 Å². The number of carbonyl (C=O) groups is 1. The van der Waals surface area contributed by atoms with Crippen molar-refractivity contribution in [1.82, 2.24) is 10.2 Å². The predicted octanol–water partition coefficient (Wildman–Crippen LogP) is 3.04. The Morgan fingerprint density at radius 3 is 2.39 bits per heavy atom. The third kappa shape index (κ3) is 3.80. The number of nitrogens with zero attached hydrogens (tertiary/aromatic N) is 1. The number of piperidine rings is 2. The summed E-state index contributed by atoms with van der Waals surface area (Å²) in [5.41, 5.74) is 0.804. The summed E-state index contributed by atoms with van der Waals surface area (Å²) >= 11 is 5.60. The summed E-state index contributed by atoms with van der Waals surface area (Å²) in [6, 6.07) is 7.21. The second-order valence-corrected chi connectivity index (χ2v) is 6.84. The zero-order chi connectivity index (χ0) is 16.4. The second kappa shape index (κ2) is 6.83. The molecule has 0 saturated carbocycles. The fraction of sp³-hybridized carbons (Fsp3) is 0.529. The van der Waals surface area contributed by atoms with Crippen molar-refractivity contribution in [3.05, 3.63) is 30.1 Å². The predicted molar refractivity (Wildman–Crippen MR) is 92.7 cm³/mol. The highest BCUT2D eigenvalue weighted by atomic mass is 32.1. The monoisotopic (exact) mass is 335 g/mol. The number of carbonyl (C=O) groups excluding carboxylic acids is 1. The molecule has 0 radical (unpaired) electrons. The minimum absolute atomic E-state index is 0.0357. The van der Waals surface area contributed by atoms with Gasteiger partial charge in [0.25, 0.3) is 0 Å². The summed E-state index contributed by atoms with van der Waals surface area (Å²) in [5, 5.41) is 6.98. The minimum Gasteiger partial charge on any atom is -0.353 e. The number of hydrogen-bond acceptors (Lipinski definition) is 2. The van der Waals surface area contributed by atoms with Gasteiger partial charge in [-0.05, 0) is 68.6 Å². The van der Waals surface area contributed by atoms with Gasteiger partial charge in [0, 0.05) is 30.7 Å². The van der Waals surface area contributed by atoms with E-state index in [0.29, 0.717) is 17.2 Å². The third-order valence-corrected chi connectivity index (χ3v) is 5.02. The van der Waals surface area contributed by atoms with Crippen LogP contribution >= 0.6 is 12.2 Å². The van der Waals surface area contributed by atoms with E-state index >= 15 is 0 Å². The summed E-state index contributed by atoms with van der Waals surface area (Å²) in [5.74, 6) is -0.219. The Morgan fingerprint density at radius 2 is 1.83 bits per heavy atom. The van der Waals surface area contributed by atoms with Gasteiger partial charge in [0.15, 0.2) is 5.11 Å². The molecule has 124 valence electrons. The topological polar surface area (TPSA) is 44.4 Å². The molecule has 2 atom stereocenters. The summed E-state index contributed by atoms with van der Waals surface area (Å²) in [6.07, 6.45) is 5.26. The van der Waals surface area contributed by atoms with E-state index in [0.717, 1.165) is 31.4 Å². The number of anilines is 1. The van der Waals surface area contributed by atoms with Crippen LogP contribution in [0.5, 0.6) is 0 Å². The molecule has 23 heavy (non-hydrogen) atoms. The average molecular weight is 335 g/mol. The van der Waals surface area contributed by atoms with Gasteiger partial charge in [0.2, 0.25) is 5.91 Å². The van der Waals surface area contributed by atoms with Crippen LogP contribution in [0.1, 0.15) is 39.0 Å². The Balaban J connectivity index is 1.68. The van der Waals surface area contributed by atoms with E-state index in [-0.39, 0.29) is 17.8 Å². The van der Waals surface area contributed by atoms with E-state index in [9.17, 15) is 9.18 Å². The lowest BCUT2D eigenvalue weighted by Gasteiger charge is -2.50. The number of fused-ring (bicyclic) bond motifs is 2. The molecule has 3 rings (SSSR count). The molecule has 1 amide bonds. The molecule has 1 aromatic carbocycles. The number of rotatable bonds is 2. The van der Waals surface area contributed by atoms with Crippen LogP contribution in [0.4, 0.5) is 10.1 Å². The number of halogens is 1. The van der Waals surface area contributed by atoms with Gasteiger partial charge >= 0.3 is 0 Å². The van der Waals surface area contributed by atoms with E-state index in [1.54, 1.807) is 19.1 Å². The summed E-state index contributed by atoms with van der Waals surface area (Å²) in [4.78, 5) is 13.6. The molecule has 6 heteroatoms. The first-order valence-electron chi connectivity index (χ1n) is 8.15. The maximum absolute atomic E-state index is 13.0. The van der Waals surface area contributed by atoms with E-state index in [1.165, 1.54) is 18.6 Å². The highest BCUT2D eigenvalue weighted by Gasteiger charge is 2.39. The largest absolute Gasteiger partial charge is 0.353 e. The van der Waals surface area contributed by atoms with Gasteiger partial charge in [-0.15, -0.1) is 0 Å². The highest BCUT2D eigenvalue weighted by Crippen LogP contribution is 2.34. The smallest absolute Gasteiger partial charge is 0.217 e.